The van der Waals surface area contributed by atoms with Gasteiger partial charge < -0.3 is 0 Å². The Kier molecular flexibility index (Phi) is 5.64. The first-order valence-electron chi connectivity index (χ1n) is 2.75. The maximum absolute atomic E-state index is 11.4. The van der Waals surface area contributed by atoms with Gasteiger partial charge in [-0.2, -0.15) is 26.3 Å². The Labute approximate surface area is 87.8 Å². The zero-order valence-corrected chi connectivity index (χ0v) is 6.72. The Morgan fingerprint density at radius 1 is 0.786 bits per heavy atom. The number of hydrogen-bond donors (Lipinski definition) is 0. The summed E-state index contributed by atoms with van der Waals surface area (Å²) in [6.07, 6.45) is -10.3. The molecule has 10 heteroatoms. The van der Waals surface area contributed by atoms with Gasteiger partial charge in [0.1, 0.15) is 11.5 Å². The molecule has 0 rings (SSSR count). The van der Waals surface area contributed by atoms with Crippen LogP contribution in [0.3, 0.4) is 0 Å². The van der Waals surface area contributed by atoms with Crippen LogP contribution < -0.4 is 0 Å². The van der Waals surface area contributed by atoms with E-state index in [-0.39, 0.29) is 18.9 Å². The van der Waals surface area contributed by atoms with Gasteiger partial charge in [-0.25, -0.2) is 8.42 Å². The van der Waals surface area contributed by atoms with Crippen molar-refractivity contribution in [1.82, 2.24) is 0 Å². The van der Waals surface area contributed by atoms with Gasteiger partial charge in [0.2, 0.25) is 0 Å². The minimum atomic E-state index is -5.15. The van der Waals surface area contributed by atoms with Crippen LogP contribution in [-0.4, -0.2) is 51.1 Å². The van der Waals surface area contributed by atoms with Gasteiger partial charge in [0.15, 0.2) is 9.84 Å². The molecule has 0 heterocycles. The van der Waals surface area contributed by atoms with E-state index in [9.17, 15) is 34.8 Å². The van der Waals surface area contributed by atoms with Gasteiger partial charge in [-0.15, -0.1) is 0 Å². The van der Waals surface area contributed by atoms with Crippen LogP contribution in [0.5, 0.6) is 0 Å². The Balaban J connectivity index is 0. The second-order valence-corrected chi connectivity index (χ2v) is 4.33. The quantitative estimate of drug-likeness (QED) is 0.528. The molecular formula is C4H5F6LiO2S. The fourth-order valence-corrected chi connectivity index (χ4v) is 1.65. The molecule has 0 radical (unpaired) electrons. The van der Waals surface area contributed by atoms with Crippen molar-refractivity contribution in [3.8, 4) is 0 Å². The zero-order valence-electron chi connectivity index (χ0n) is 5.91. The molecule has 0 aliphatic heterocycles. The van der Waals surface area contributed by atoms with Crippen LogP contribution in [0.25, 0.3) is 0 Å². The van der Waals surface area contributed by atoms with Gasteiger partial charge in [-0.05, 0) is 0 Å². The van der Waals surface area contributed by atoms with Crippen molar-refractivity contribution in [3.63, 3.8) is 0 Å². The molecule has 0 atom stereocenters. The van der Waals surface area contributed by atoms with E-state index in [0.717, 1.165) is 0 Å². The van der Waals surface area contributed by atoms with Crippen LogP contribution in [0.4, 0.5) is 26.3 Å². The van der Waals surface area contributed by atoms with Crippen molar-refractivity contribution in [1.29, 1.82) is 0 Å². The SMILES string of the molecule is O=S(=O)(CC(F)(F)F)CC(F)(F)F.[LiH]. The maximum atomic E-state index is 11.4. The van der Waals surface area contributed by atoms with E-state index in [1.807, 2.05) is 0 Å². The Bertz CT molecular complexity index is 243. The monoisotopic (exact) mass is 238 g/mol. The summed E-state index contributed by atoms with van der Waals surface area (Å²) >= 11 is 0. The summed E-state index contributed by atoms with van der Waals surface area (Å²) in [5, 5.41) is 0. The average Bonchev–Trinajstić information content (AvgIpc) is 1.43. The molecular weight excluding hydrogens is 233 g/mol. The van der Waals surface area contributed by atoms with Crippen LogP contribution in [0.15, 0.2) is 0 Å². The molecule has 0 saturated carbocycles. The van der Waals surface area contributed by atoms with E-state index >= 15 is 0 Å². The van der Waals surface area contributed by atoms with Crippen molar-refractivity contribution < 1.29 is 34.8 Å². The van der Waals surface area contributed by atoms with Gasteiger partial charge in [0.05, 0.1) is 0 Å². The van der Waals surface area contributed by atoms with Crippen molar-refractivity contribution >= 4 is 28.7 Å². The first-order chi connectivity index (χ1) is 5.41. The number of alkyl halides is 6. The first kappa shape index (κ1) is 16.6. The van der Waals surface area contributed by atoms with Gasteiger partial charge >= 0.3 is 31.2 Å². The summed E-state index contributed by atoms with van der Waals surface area (Å²) in [4.78, 5) is 0. The zero-order chi connectivity index (χ0) is 10.9. The summed E-state index contributed by atoms with van der Waals surface area (Å²) in [6.45, 7) is 0. The third kappa shape index (κ3) is 10.2. The molecule has 0 N–H and O–H groups in total. The van der Waals surface area contributed by atoms with E-state index in [1.54, 1.807) is 0 Å². The second-order valence-electron chi connectivity index (χ2n) is 2.26. The number of halogens is 6. The molecule has 0 aliphatic rings. The molecule has 0 aliphatic carbocycles. The average molecular weight is 238 g/mol. The fourth-order valence-electron chi connectivity index (χ4n) is 0.550. The molecule has 0 aromatic heterocycles. The van der Waals surface area contributed by atoms with Crippen LogP contribution in [-0.2, 0) is 9.84 Å². The number of hydrogen-bond acceptors (Lipinski definition) is 2. The molecule has 82 valence electrons. The van der Waals surface area contributed by atoms with E-state index < -0.39 is 33.7 Å². The first-order valence-corrected chi connectivity index (χ1v) is 4.57. The summed E-state index contributed by atoms with van der Waals surface area (Å²) in [5.41, 5.74) is 0. The normalized spacial score (nSPS) is 13.6. The van der Waals surface area contributed by atoms with Crippen LogP contribution in [0.1, 0.15) is 0 Å². The second kappa shape index (κ2) is 4.77. The number of sulfone groups is 1. The summed E-state index contributed by atoms with van der Waals surface area (Å²) in [7, 11) is -5.15. The summed E-state index contributed by atoms with van der Waals surface area (Å²) in [6, 6.07) is 0. The van der Waals surface area contributed by atoms with E-state index in [2.05, 4.69) is 0 Å². The molecule has 0 aromatic carbocycles. The van der Waals surface area contributed by atoms with E-state index in [4.69, 9.17) is 0 Å². The van der Waals surface area contributed by atoms with Crippen molar-refractivity contribution in [2.24, 2.45) is 0 Å². The summed E-state index contributed by atoms with van der Waals surface area (Å²) in [5.74, 6) is -4.89. The molecule has 0 fully saturated rings. The standard InChI is InChI=1S/C4H4F6O2S.Li.H/c5-3(6,7)1-13(11,12)2-4(8,9)10;;/h1-2H2;;. The predicted octanol–water partition coefficient (Wildman–Crippen LogP) is 0.877. The van der Waals surface area contributed by atoms with Gasteiger partial charge in [-0.3, -0.25) is 0 Å². The molecule has 0 aromatic rings. The third-order valence-corrected chi connectivity index (χ3v) is 2.30. The fraction of sp³-hybridized carbons (Fsp3) is 1.00. The van der Waals surface area contributed by atoms with Crippen molar-refractivity contribution in [2.45, 2.75) is 12.4 Å². The van der Waals surface area contributed by atoms with Crippen molar-refractivity contribution in [2.75, 3.05) is 11.5 Å². The molecule has 0 saturated heterocycles. The minimum absolute atomic E-state index is 0. The molecule has 0 spiro atoms. The predicted molar refractivity (Wildman–Crippen MR) is 37.9 cm³/mol. The van der Waals surface area contributed by atoms with Gasteiger partial charge in [0.25, 0.3) is 0 Å². The van der Waals surface area contributed by atoms with Crippen molar-refractivity contribution in [3.05, 3.63) is 0 Å². The Morgan fingerprint density at radius 2 is 1.00 bits per heavy atom. The van der Waals surface area contributed by atoms with Gasteiger partial charge in [0, 0.05) is 0 Å². The molecule has 0 amide bonds. The van der Waals surface area contributed by atoms with Crippen LogP contribution >= 0.6 is 0 Å². The molecule has 0 bridgehead atoms. The van der Waals surface area contributed by atoms with Gasteiger partial charge in [-0.1, -0.05) is 0 Å². The van der Waals surface area contributed by atoms with Crippen LogP contribution in [0, 0.1) is 0 Å². The topological polar surface area (TPSA) is 34.1 Å². The van der Waals surface area contributed by atoms with E-state index in [0.29, 0.717) is 0 Å². The molecule has 14 heavy (non-hydrogen) atoms. The Morgan fingerprint density at radius 3 is 1.14 bits per heavy atom. The molecule has 2 nitrogen and oxygen atoms in total. The molecule has 0 unspecified atom stereocenters. The van der Waals surface area contributed by atoms with E-state index in [1.165, 1.54) is 0 Å². The third-order valence-electron chi connectivity index (χ3n) is 0.767. The number of rotatable bonds is 2. The summed E-state index contributed by atoms with van der Waals surface area (Å²) < 4.78 is 88.7. The Hall–Kier alpha value is 0.127. The van der Waals surface area contributed by atoms with Crippen LogP contribution in [0.2, 0.25) is 0 Å².